The molecule has 3 heterocycles. The molecular weight excluding hydrogens is 699 g/mol. The van der Waals surface area contributed by atoms with Crippen molar-refractivity contribution in [2.75, 3.05) is 0 Å². The second-order valence-corrected chi connectivity index (χ2v) is 14.6. The van der Waals surface area contributed by atoms with E-state index in [1.165, 1.54) is 27.8 Å². The third-order valence-electron chi connectivity index (χ3n) is 11.1. The fourth-order valence-corrected chi connectivity index (χ4v) is 8.33. The lowest BCUT2D eigenvalue weighted by Crippen LogP contribution is -2.33. The molecule has 1 N–H and O–H groups in total. The summed E-state index contributed by atoms with van der Waals surface area (Å²) in [4.78, 5) is 10.4. The van der Waals surface area contributed by atoms with Crippen LogP contribution >= 0.6 is 0 Å². The van der Waals surface area contributed by atoms with Crippen molar-refractivity contribution in [1.29, 1.82) is 0 Å². The zero-order valence-electron chi connectivity index (χ0n) is 31.1. The molecule has 1 aliphatic rings. The first-order valence-electron chi connectivity index (χ1n) is 19.3. The van der Waals surface area contributed by atoms with Gasteiger partial charge in [0.05, 0.1) is 5.56 Å². The summed E-state index contributed by atoms with van der Waals surface area (Å²) in [5.41, 5.74) is 14.3. The zero-order valence-corrected chi connectivity index (χ0v) is 31.1. The number of rotatable bonds is 6. The topological polar surface area (TPSA) is 63.0 Å². The molecule has 0 spiro atoms. The van der Waals surface area contributed by atoms with Gasteiger partial charge in [-0.05, 0) is 87.8 Å². The largest absolute Gasteiger partial charge is 0.456 e. The molecular formula is C52H35N3O2. The van der Waals surface area contributed by atoms with Crippen LogP contribution < -0.4 is 5.32 Å². The number of hydrogen-bond donors (Lipinski definition) is 1. The second-order valence-electron chi connectivity index (χ2n) is 14.6. The Kier molecular flexibility index (Phi) is 7.71. The molecule has 0 aliphatic carbocycles. The SMILES string of the molecule is Cc1ccccc1-c1ccc(-c2ccccc2)cc1-c1cccc2oc3cc(C4=NC(c5ccccc5)NC(c5cccc6c5oc5ccccc56)=N4)ccc3c12. The number of furan rings is 2. The van der Waals surface area contributed by atoms with Crippen molar-refractivity contribution < 1.29 is 8.83 Å². The summed E-state index contributed by atoms with van der Waals surface area (Å²) in [6.45, 7) is 2.18. The Balaban J connectivity index is 1.07. The summed E-state index contributed by atoms with van der Waals surface area (Å²) in [6.07, 6.45) is -0.358. The van der Waals surface area contributed by atoms with Crippen molar-refractivity contribution >= 4 is 55.5 Å². The van der Waals surface area contributed by atoms with E-state index in [2.05, 4.69) is 158 Å². The van der Waals surface area contributed by atoms with Crippen molar-refractivity contribution in [3.8, 4) is 33.4 Å². The van der Waals surface area contributed by atoms with E-state index in [4.69, 9.17) is 18.8 Å². The molecule has 0 fully saturated rings. The van der Waals surface area contributed by atoms with Crippen LogP contribution in [0.25, 0.3) is 77.3 Å². The molecule has 0 amide bonds. The summed E-state index contributed by atoms with van der Waals surface area (Å²) in [5, 5.41) is 7.86. The van der Waals surface area contributed by atoms with Crippen molar-refractivity contribution in [2.45, 2.75) is 13.1 Å². The van der Waals surface area contributed by atoms with E-state index in [1.807, 2.05) is 36.4 Å². The van der Waals surface area contributed by atoms with Gasteiger partial charge in [-0.25, -0.2) is 9.98 Å². The van der Waals surface area contributed by atoms with Gasteiger partial charge in [-0.1, -0.05) is 146 Å². The molecule has 5 nitrogen and oxygen atoms in total. The first-order valence-corrected chi connectivity index (χ1v) is 19.3. The molecule has 1 aliphatic heterocycles. The molecule has 10 aromatic rings. The van der Waals surface area contributed by atoms with E-state index in [-0.39, 0.29) is 6.17 Å². The van der Waals surface area contributed by atoms with Gasteiger partial charge in [-0.15, -0.1) is 0 Å². The first-order chi connectivity index (χ1) is 28.2. The third kappa shape index (κ3) is 5.63. The Hall–Kier alpha value is -7.50. The fourth-order valence-electron chi connectivity index (χ4n) is 8.33. The number of nitrogens with one attached hydrogen (secondary N) is 1. The lowest BCUT2D eigenvalue weighted by Gasteiger charge is -2.23. The number of aryl methyl sites for hydroxylation is 1. The Morgan fingerprint density at radius 1 is 0.456 bits per heavy atom. The maximum Gasteiger partial charge on any atom is 0.159 e. The lowest BCUT2D eigenvalue weighted by atomic mass is 9.88. The van der Waals surface area contributed by atoms with Crippen LogP contribution in [0.5, 0.6) is 0 Å². The van der Waals surface area contributed by atoms with Crippen molar-refractivity contribution in [1.82, 2.24) is 5.32 Å². The predicted molar refractivity (Wildman–Crippen MR) is 234 cm³/mol. The third-order valence-corrected chi connectivity index (χ3v) is 11.1. The van der Waals surface area contributed by atoms with E-state index < -0.39 is 0 Å². The number of fused-ring (bicyclic) bond motifs is 6. The smallest absolute Gasteiger partial charge is 0.159 e. The maximum atomic E-state index is 6.71. The summed E-state index contributed by atoms with van der Waals surface area (Å²) >= 11 is 0. The molecule has 0 saturated carbocycles. The number of para-hydroxylation sites is 2. The summed E-state index contributed by atoms with van der Waals surface area (Å²) in [6, 6.07) is 63.3. The average molecular weight is 734 g/mol. The Morgan fingerprint density at radius 3 is 2.04 bits per heavy atom. The molecule has 0 bridgehead atoms. The minimum Gasteiger partial charge on any atom is -0.456 e. The number of aliphatic imine (C=N–C) groups is 2. The van der Waals surface area contributed by atoms with Crippen LogP contribution in [0, 0.1) is 6.92 Å². The summed E-state index contributed by atoms with van der Waals surface area (Å²) in [5.74, 6) is 1.32. The van der Waals surface area contributed by atoms with Gasteiger partial charge in [0.2, 0.25) is 0 Å². The van der Waals surface area contributed by atoms with Crippen LogP contribution in [0.1, 0.15) is 28.4 Å². The quantitative estimate of drug-likeness (QED) is 0.185. The molecule has 5 heteroatoms. The normalized spacial score (nSPS) is 14.2. The van der Waals surface area contributed by atoms with Gasteiger partial charge in [0.25, 0.3) is 0 Å². The molecule has 2 aromatic heterocycles. The van der Waals surface area contributed by atoms with Gasteiger partial charge in [-0.2, -0.15) is 0 Å². The molecule has 1 unspecified atom stereocenters. The highest BCUT2D eigenvalue weighted by Crippen LogP contribution is 2.43. The number of amidine groups is 2. The first kappa shape index (κ1) is 32.9. The highest BCUT2D eigenvalue weighted by atomic mass is 16.3. The number of hydrogen-bond acceptors (Lipinski definition) is 5. The van der Waals surface area contributed by atoms with Crippen LogP contribution in [0.15, 0.2) is 201 Å². The monoisotopic (exact) mass is 733 g/mol. The Labute approximate surface area is 329 Å². The molecule has 8 aromatic carbocycles. The molecule has 1 atom stereocenters. The molecule has 270 valence electrons. The lowest BCUT2D eigenvalue weighted by molar-refractivity contribution is 0.659. The highest BCUT2D eigenvalue weighted by Gasteiger charge is 2.25. The van der Waals surface area contributed by atoms with Gasteiger partial charge in [0.15, 0.2) is 5.84 Å². The van der Waals surface area contributed by atoms with Gasteiger partial charge in [0, 0.05) is 27.1 Å². The fraction of sp³-hybridized carbons (Fsp3) is 0.0385. The van der Waals surface area contributed by atoms with E-state index in [1.54, 1.807) is 0 Å². The predicted octanol–water partition coefficient (Wildman–Crippen LogP) is 13.3. The van der Waals surface area contributed by atoms with Gasteiger partial charge >= 0.3 is 0 Å². The van der Waals surface area contributed by atoms with E-state index in [9.17, 15) is 0 Å². The van der Waals surface area contributed by atoms with Crippen molar-refractivity contribution in [3.63, 3.8) is 0 Å². The minimum absolute atomic E-state index is 0.358. The Morgan fingerprint density at radius 2 is 1.16 bits per heavy atom. The van der Waals surface area contributed by atoms with Crippen molar-refractivity contribution in [2.24, 2.45) is 9.98 Å². The van der Waals surface area contributed by atoms with E-state index >= 15 is 0 Å². The van der Waals surface area contributed by atoms with E-state index in [0.717, 1.165) is 71.7 Å². The highest BCUT2D eigenvalue weighted by molar-refractivity contribution is 6.20. The van der Waals surface area contributed by atoms with Crippen LogP contribution in [0.3, 0.4) is 0 Å². The summed E-state index contributed by atoms with van der Waals surface area (Å²) < 4.78 is 13.2. The van der Waals surface area contributed by atoms with Gasteiger partial charge in [0.1, 0.15) is 34.3 Å². The van der Waals surface area contributed by atoms with Crippen LogP contribution in [-0.4, -0.2) is 11.7 Å². The number of benzene rings is 8. The van der Waals surface area contributed by atoms with Crippen LogP contribution in [-0.2, 0) is 0 Å². The molecule has 11 rings (SSSR count). The van der Waals surface area contributed by atoms with Crippen LogP contribution in [0.2, 0.25) is 0 Å². The number of nitrogens with zero attached hydrogens (tertiary/aromatic N) is 2. The van der Waals surface area contributed by atoms with Crippen molar-refractivity contribution in [3.05, 3.63) is 204 Å². The summed E-state index contributed by atoms with van der Waals surface area (Å²) in [7, 11) is 0. The average Bonchev–Trinajstić information content (AvgIpc) is 3.85. The standard InChI is InChI=1S/C52H35N3O2/c1-32-14-8-9-19-37(32)38-28-26-35(33-15-4-2-5-16-33)30-44(38)40-21-13-25-46-48(40)42-29-27-36(31-47(42)56-46)51-53-50(34-17-6-3-7-18-34)54-52(55-51)43-23-12-22-41-39-20-10-11-24-45(39)57-49(41)43/h2-31,50H,1H3,(H,53,54,55). The van der Waals surface area contributed by atoms with Crippen LogP contribution in [0.4, 0.5) is 0 Å². The second kappa shape index (κ2) is 13.4. The minimum atomic E-state index is -0.358. The van der Waals surface area contributed by atoms with E-state index in [0.29, 0.717) is 11.7 Å². The van der Waals surface area contributed by atoms with Gasteiger partial charge in [-0.3, -0.25) is 0 Å². The zero-order chi connectivity index (χ0) is 37.9. The maximum absolute atomic E-state index is 6.71. The Bertz CT molecular complexity index is 3230. The molecule has 0 radical (unpaired) electrons. The van der Waals surface area contributed by atoms with Gasteiger partial charge < -0.3 is 14.2 Å². The molecule has 57 heavy (non-hydrogen) atoms. The molecule has 0 saturated heterocycles.